The summed E-state index contributed by atoms with van der Waals surface area (Å²) in [4.78, 5) is 4.06. The van der Waals surface area contributed by atoms with Crippen LogP contribution in [0.1, 0.15) is 18.2 Å². The van der Waals surface area contributed by atoms with Crippen LogP contribution in [0.2, 0.25) is 0 Å². The lowest BCUT2D eigenvalue weighted by molar-refractivity contribution is 0.983. The average molecular weight is 198 g/mol. The van der Waals surface area contributed by atoms with Crippen LogP contribution in [0.15, 0.2) is 24.4 Å². The van der Waals surface area contributed by atoms with E-state index < -0.39 is 0 Å². The number of rotatable bonds is 2. The lowest BCUT2D eigenvalue weighted by Crippen LogP contribution is -1.92. The van der Waals surface area contributed by atoms with E-state index in [2.05, 4.69) is 28.3 Å². The van der Waals surface area contributed by atoms with E-state index in [4.69, 9.17) is 0 Å². The third kappa shape index (κ3) is 2.18. The van der Waals surface area contributed by atoms with Crippen molar-refractivity contribution < 1.29 is 0 Å². The zero-order chi connectivity index (χ0) is 10.7. The highest BCUT2D eigenvalue weighted by molar-refractivity contribution is 5.57. The van der Waals surface area contributed by atoms with Gasteiger partial charge in [0.05, 0.1) is 17.6 Å². The molecular weight excluding hydrogens is 186 g/mol. The molecule has 2 heterocycles. The van der Waals surface area contributed by atoms with Crippen molar-refractivity contribution in [1.82, 2.24) is 15.2 Å². The van der Waals surface area contributed by atoms with Crippen molar-refractivity contribution >= 4 is 0 Å². The van der Waals surface area contributed by atoms with E-state index >= 15 is 0 Å². The number of nitrogens with zero attached hydrogens (tertiary/aromatic N) is 3. The van der Waals surface area contributed by atoms with Gasteiger partial charge in [0.15, 0.2) is 0 Å². The number of aromatic nitrogens is 3. The van der Waals surface area contributed by atoms with E-state index in [9.17, 15) is 0 Å². The molecule has 2 aromatic heterocycles. The number of aryl methyl sites for hydroxylation is 2. The summed E-state index contributed by atoms with van der Waals surface area (Å²) < 4.78 is 0. The van der Waals surface area contributed by atoms with Gasteiger partial charge >= 0.3 is 0 Å². The maximum atomic E-state index is 4.10. The Balaban J connectivity index is 2.40. The minimum atomic E-state index is 0.823. The molecule has 0 saturated heterocycles. The van der Waals surface area contributed by atoms with Crippen LogP contribution >= 0.6 is 0 Å². The fourth-order valence-electron chi connectivity index (χ4n) is 1.31. The van der Waals surface area contributed by atoms with E-state index in [0.29, 0.717) is 0 Å². The van der Waals surface area contributed by atoms with Crippen molar-refractivity contribution in [1.29, 1.82) is 0 Å². The minimum Gasteiger partial charge on any atom is -0.254 e. The van der Waals surface area contributed by atoms with Crippen molar-refractivity contribution in [3.8, 4) is 11.3 Å². The maximum Gasteiger partial charge on any atom is 0.0987 e. The molecule has 2 aromatic rings. The smallest absolute Gasteiger partial charge is 0.0987 e. The van der Waals surface area contributed by atoms with Crippen molar-refractivity contribution in [2.24, 2.45) is 0 Å². The Morgan fingerprint density at radius 2 is 2.13 bits per heavy atom. The molecule has 15 heavy (non-hydrogen) atoms. The van der Waals surface area contributed by atoms with E-state index in [1.165, 1.54) is 5.56 Å². The fourth-order valence-corrected chi connectivity index (χ4v) is 1.31. The highest BCUT2D eigenvalue weighted by Gasteiger charge is 2.01. The van der Waals surface area contributed by atoms with Gasteiger partial charge in [-0.05, 0) is 37.1 Å². The van der Waals surface area contributed by atoms with Crippen LogP contribution < -0.4 is 0 Å². The first-order chi connectivity index (χ1) is 7.29. The van der Waals surface area contributed by atoms with Gasteiger partial charge in [-0.1, -0.05) is 6.92 Å². The zero-order valence-corrected chi connectivity index (χ0v) is 8.86. The molecule has 0 aliphatic rings. The molecule has 0 aliphatic carbocycles. The highest BCUT2D eigenvalue weighted by Crippen LogP contribution is 2.15. The summed E-state index contributed by atoms with van der Waals surface area (Å²) in [5, 5.41) is 8.12. The van der Waals surface area contributed by atoms with E-state index in [-0.39, 0.29) is 0 Å². The van der Waals surface area contributed by atoms with Crippen molar-refractivity contribution in [2.45, 2.75) is 20.3 Å². The Hall–Kier alpha value is -1.77. The molecule has 0 atom stereocenters. The highest BCUT2D eigenvalue weighted by atomic mass is 15.1. The first-order valence-corrected chi connectivity index (χ1v) is 4.97. The monoisotopic (exact) mass is 198 g/mol. The minimum absolute atomic E-state index is 0.823. The van der Waals surface area contributed by atoms with Crippen LogP contribution in [0.5, 0.6) is 0 Å². The fraction of sp³-hybridized carbons (Fsp3) is 0.250. The normalized spacial score (nSPS) is 10.3. The first kappa shape index (κ1) is 9.77. The molecule has 75 valence electrons. The molecule has 0 aromatic carbocycles. The summed E-state index contributed by atoms with van der Waals surface area (Å²) in [7, 11) is 0. The molecule has 0 amide bonds. The van der Waals surface area contributed by atoms with Gasteiger partial charge in [0.25, 0.3) is 0 Å². The van der Waals surface area contributed by atoms with Crippen LogP contribution in [0.25, 0.3) is 11.3 Å². The van der Waals surface area contributed by atoms with Crippen LogP contribution in [-0.2, 0) is 6.42 Å². The lowest BCUT2D eigenvalue weighted by atomic mass is 10.1. The van der Waals surface area contributed by atoms with Gasteiger partial charge in [0.1, 0.15) is 0 Å². The number of pyridine rings is 1. The second kappa shape index (κ2) is 4.17. The number of hydrogen-bond acceptors (Lipinski definition) is 3. The van der Waals surface area contributed by atoms with Crippen LogP contribution in [0, 0.1) is 13.1 Å². The molecule has 0 N–H and O–H groups in total. The molecule has 0 spiro atoms. The molecule has 1 radical (unpaired) electrons. The third-order valence-electron chi connectivity index (χ3n) is 2.23. The molecule has 0 unspecified atom stereocenters. The summed E-state index contributed by atoms with van der Waals surface area (Å²) in [5.74, 6) is 0. The van der Waals surface area contributed by atoms with E-state index in [1.54, 1.807) is 0 Å². The average Bonchev–Trinajstić information content (AvgIpc) is 2.30. The van der Waals surface area contributed by atoms with Gasteiger partial charge in [-0.25, -0.2) is 0 Å². The molecule has 2 rings (SSSR count). The summed E-state index contributed by atoms with van der Waals surface area (Å²) in [6, 6.07) is 5.93. The Morgan fingerprint density at radius 3 is 2.80 bits per heavy atom. The van der Waals surface area contributed by atoms with Gasteiger partial charge in [-0.2, -0.15) is 10.2 Å². The largest absolute Gasteiger partial charge is 0.254 e. The Kier molecular flexibility index (Phi) is 2.72. The zero-order valence-electron chi connectivity index (χ0n) is 8.86. The van der Waals surface area contributed by atoms with Crippen LogP contribution in [0.3, 0.4) is 0 Å². The molecule has 0 bridgehead atoms. The van der Waals surface area contributed by atoms with Gasteiger partial charge < -0.3 is 0 Å². The third-order valence-corrected chi connectivity index (χ3v) is 2.23. The number of hydrogen-bond donors (Lipinski definition) is 0. The van der Waals surface area contributed by atoms with Gasteiger partial charge in [0.2, 0.25) is 0 Å². The Labute approximate surface area is 89.2 Å². The maximum absolute atomic E-state index is 4.10. The van der Waals surface area contributed by atoms with Gasteiger partial charge in [0, 0.05) is 11.8 Å². The van der Waals surface area contributed by atoms with Crippen molar-refractivity contribution in [2.75, 3.05) is 0 Å². The lowest BCUT2D eigenvalue weighted by Gasteiger charge is -2.01. The van der Waals surface area contributed by atoms with E-state index in [0.717, 1.165) is 23.4 Å². The van der Waals surface area contributed by atoms with Gasteiger partial charge in [-0.3, -0.25) is 4.98 Å². The standard InChI is InChI=1S/C12H12N3/c1-3-10-6-11(8-13-7-10)12-5-4-9(2)14-15-12/h4-7H,3H2,1-2H3. The predicted octanol–water partition coefficient (Wildman–Crippen LogP) is 2.21. The molecule has 0 aliphatic heterocycles. The van der Waals surface area contributed by atoms with E-state index in [1.807, 2.05) is 31.3 Å². The van der Waals surface area contributed by atoms with Crippen LogP contribution in [-0.4, -0.2) is 15.2 Å². The molecular formula is C12H12N3. The SMILES string of the molecule is CCc1cn[c]c(-c2ccc(C)nn2)c1. The molecule has 0 saturated carbocycles. The van der Waals surface area contributed by atoms with Gasteiger partial charge in [-0.15, -0.1) is 0 Å². The Bertz CT molecular complexity index is 449. The molecule has 3 heteroatoms. The first-order valence-electron chi connectivity index (χ1n) is 4.97. The molecule has 0 fully saturated rings. The second-order valence-electron chi connectivity index (χ2n) is 3.42. The molecule has 3 nitrogen and oxygen atoms in total. The van der Waals surface area contributed by atoms with Crippen LogP contribution in [0.4, 0.5) is 0 Å². The van der Waals surface area contributed by atoms with Crippen molar-refractivity contribution in [3.05, 3.63) is 41.9 Å². The Morgan fingerprint density at radius 1 is 1.27 bits per heavy atom. The topological polar surface area (TPSA) is 38.7 Å². The van der Waals surface area contributed by atoms with Crippen molar-refractivity contribution in [3.63, 3.8) is 0 Å². The quantitative estimate of drug-likeness (QED) is 0.742. The summed E-state index contributed by atoms with van der Waals surface area (Å²) >= 11 is 0. The second-order valence-corrected chi connectivity index (χ2v) is 3.42. The predicted molar refractivity (Wildman–Crippen MR) is 58.2 cm³/mol. The summed E-state index contributed by atoms with van der Waals surface area (Å²) in [5.41, 5.74) is 3.83. The summed E-state index contributed by atoms with van der Waals surface area (Å²) in [6.45, 7) is 4.02. The summed E-state index contributed by atoms with van der Waals surface area (Å²) in [6.07, 6.45) is 5.72.